The van der Waals surface area contributed by atoms with Crippen LogP contribution in [0, 0.1) is 5.92 Å². The molecule has 0 spiro atoms. The number of nitrogens with two attached hydrogens (primary N) is 1. The number of para-hydroxylation sites is 1. The monoisotopic (exact) mass is 262 g/mol. The molecule has 3 nitrogen and oxygen atoms in total. The molecular weight excluding hydrogens is 244 g/mol. The number of thiazole rings is 1. The minimum Gasteiger partial charge on any atom is -0.381 e. The first-order valence-electron chi connectivity index (χ1n) is 6.52. The van der Waals surface area contributed by atoms with Gasteiger partial charge >= 0.3 is 0 Å². The summed E-state index contributed by atoms with van der Waals surface area (Å²) in [6, 6.07) is 8.27. The maximum atomic E-state index is 6.28. The van der Waals surface area contributed by atoms with Crippen molar-refractivity contribution < 1.29 is 4.74 Å². The average Bonchev–Trinajstić information content (AvgIpc) is 2.84. The van der Waals surface area contributed by atoms with Crippen LogP contribution in [0.3, 0.4) is 0 Å². The van der Waals surface area contributed by atoms with Crippen molar-refractivity contribution in [2.24, 2.45) is 11.7 Å². The maximum absolute atomic E-state index is 6.28. The second-order valence-electron chi connectivity index (χ2n) is 4.95. The molecular formula is C14H18N2OS. The van der Waals surface area contributed by atoms with E-state index in [-0.39, 0.29) is 6.04 Å². The highest BCUT2D eigenvalue weighted by atomic mass is 32.1. The first-order chi connectivity index (χ1) is 8.83. The van der Waals surface area contributed by atoms with Crippen molar-refractivity contribution in [3.05, 3.63) is 29.3 Å². The van der Waals surface area contributed by atoms with Gasteiger partial charge in [0.1, 0.15) is 5.01 Å². The summed E-state index contributed by atoms with van der Waals surface area (Å²) in [6.07, 6.45) is 3.38. The van der Waals surface area contributed by atoms with Gasteiger partial charge in [-0.05, 0) is 37.3 Å². The van der Waals surface area contributed by atoms with E-state index in [2.05, 4.69) is 11.1 Å². The molecule has 0 aliphatic carbocycles. The van der Waals surface area contributed by atoms with E-state index in [9.17, 15) is 0 Å². The van der Waals surface area contributed by atoms with Gasteiger partial charge < -0.3 is 10.5 Å². The van der Waals surface area contributed by atoms with Gasteiger partial charge in [-0.25, -0.2) is 4.98 Å². The summed E-state index contributed by atoms with van der Waals surface area (Å²) >= 11 is 1.72. The van der Waals surface area contributed by atoms with Gasteiger partial charge in [-0.3, -0.25) is 0 Å². The van der Waals surface area contributed by atoms with Crippen LogP contribution in [0.1, 0.15) is 30.3 Å². The average molecular weight is 262 g/mol. The van der Waals surface area contributed by atoms with Crippen molar-refractivity contribution in [3.8, 4) is 0 Å². The van der Waals surface area contributed by atoms with E-state index >= 15 is 0 Å². The molecule has 2 N–H and O–H groups in total. The lowest BCUT2D eigenvalue weighted by Crippen LogP contribution is -2.22. The lowest BCUT2D eigenvalue weighted by atomic mass is 9.95. The molecule has 2 heterocycles. The van der Waals surface area contributed by atoms with Gasteiger partial charge in [0.25, 0.3) is 0 Å². The summed E-state index contributed by atoms with van der Waals surface area (Å²) in [4.78, 5) is 4.63. The lowest BCUT2D eigenvalue weighted by molar-refractivity contribution is 0.0491. The molecule has 2 unspecified atom stereocenters. The van der Waals surface area contributed by atoms with Crippen molar-refractivity contribution in [3.63, 3.8) is 0 Å². The fraction of sp³-hybridized carbons (Fsp3) is 0.500. The number of aromatic nitrogens is 1. The Balaban J connectivity index is 1.72. The Morgan fingerprint density at radius 2 is 2.33 bits per heavy atom. The fourth-order valence-corrected chi connectivity index (χ4v) is 3.48. The number of rotatable bonds is 3. The number of benzene rings is 1. The number of nitrogens with zero attached hydrogens (tertiary/aromatic N) is 1. The zero-order valence-electron chi connectivity index (χ0n) is 10.3. The molecule has 0 bridgehead atoms. The molecule has 3 rings (SSSR count). The number of hydrogen-bond donors (Lipinski definition) is 1. The molecule has 1 aliphatic rings. The van der Waals surface area contributed by atoms with E-state index in [1.807, 2.05) is 18.2 Å². The van der Waals surface area contributed by atoms with Crippen molar-refractivity contribution in [1.29, 1.82) is 0 Å². The summed E-state index contributed by atoms with van der Waals surface area (Å²) in [7, 11) is 0. The van der Waals surface area contributed by atoms with E-state index in [0.29, 0.717) is 5.92 Å². The third kappa shape index (κ3) is 2.55. The molecule has 1 aromatic heterocycles. The zero-order valence-corrected chi connectivity index (χ0v) is 11.2. The van der Waals surface area contributed by atoms with Gasteiger partial charge in [0.15, 0.2) is 0 Å². The molecule has 96 valence electrons. The summed E-state index contributed by atoms with van der Waals surface area (Å²) in [6.45, 7) is 1.77. The first-order valence-corrected chi connectivity index (χ1v) is 7.33. The Bertz CT molecular complexity index is 486. The van der Waals surface area contributed by atoms with Crippen LogP contribution < -0.4 is 5.73 Å². The van der Waals surface area contributed by atoms with Gasteiger partial charge in [-0.2, -0.15) is 0 Å². The van der Waals surface area contributed by atoms with Crippen LogP contribution in [0.2, 0.25) is 0 Å². The Hall–Kier alpha value is -0.970. The fourth-order valence-electron chi connectivity index (χ4n) is 2.50. The highest BCUT2D eigenvalue weighted by Crippen LogP contribution is 2.30. The number of ether oxygens (including phenoxy) is 1. The van der Waals surface area contributed by atoms with Gasteiger partial charge in [-0.15, -0.1) is 11.3 Å². The normalized spacial score (nSPS) is 22.2. The molecule has 1 aromatic carbocycles. The summed E-state index contributed by atoms with van der Waals surface area (Å²) in [5.41, 5.74) is 7.34. The summed E-state index contributed by atoms with van der Waals surface area (Å²) in [5, 5.41) is 1.06. The van der Waals surface area contributed by atoms with Gasteiger partial charge in [-0.1, -0.05) is 12.1 Å². The van der Waals surface area contributed by atoms with Crippen molar-refractivity contribution >= 4 is 21.6 Å². The summed E-state index contributed by atoms with van der Waals surface area (Å²) in [5.74, 6) is 0.598. The predicted molar refractivity (Wildman–Crippen MR) is 74.7 cm³/mol. The predicted octanol–water partition coefficient (Wildman–Crippen LogP) is 3.11. The van der Waals surface area contributed by atoms with Crippen LogP contribution in [0.25, 0.3) is 10.2 Å². The van der Waals surface area contributed by atoms with E-state index < -0.39 is 0 Å². The van der Waals surface area contributed by atoms with Crippen LogP contribution in [0.5, 0.6) is 0 Å². The van der Waals surface area contributed by atoms with Crippen LogP contribution in [0.15, 0.2) is 24.3 Å². The smallest absolute Gasteiger partial charge is 0.111 e. The van der Waals surface area contributed by atoms with Crippen LogP contribution >= 0.6 is 11.3 Å². The summed E-state index contributed by atoms with van der Waals surface area (Å²) < 4.78 is 6.73. The Labute approximate surface area is 111 Å². The third-order valence-electron chi connectivity index (χ3n) is 3.47. The second-order valence-corrected chi connectivity index (χ2v) is 6.01. The van der Waals surface area contributed by atoms with Crippen LogP contribution in [-0.4, -0.2) is 18.2 Å². The molecule has 0 saturated carbocycles. The second kappa shape index (κ2) is 5.34. The van der Waals surface area contributed by atoms with E-state index in [1.54, 1.807) is 11.3 Å². The lowest BCUT2D eigenvalue weighted by Gasteiger charge is -2.23. The zero-order chi connectivity index (χ0) is 12.4. The number of hydrogen-bond acceptors (Lipinski definition) is 4. The molecule has 2 atom stereocenters. The van der Waals surface area contributed by atoms with Crippen molar-refractivity contribution in [2.45, 2.75) is 25.3 Å². The third-order valence-corrected chi connectivity index (χ3v) is 4.64. The quantitative estimate of drug-likeness (QED) is 0.924. The maximum Gasteiger partial charge on any atom is 0.111 e. The largest absolute Gasteiger partial charge is 0.381 e. The topological polar surface area (TPSA) is 48.1 Å². The molecule has 0 radical (unpaired) electrons. The van der Waals surface area contributed by atoms with Crippen molar-refractivity contribution in [2.75, 3.05) is 13.2 Å². The van der Waals surface area contributed by atoms with E-state index in [0.717, 1.165) is 36.6 Å². The molecule has 1 aliphatic heterocycles. The van der Waals surface area contributed by atoms with E-state index in [4.69, 9.17) is 10.5 Å². The Morgan fingerprint density at radius 3 is 3.11 bits per heavy atom. The van der Waals surface area contributed by atoms with Crippen molar-refractivity contribution in [1.82, 2.24) is 4.98 Å². The SMILES string of the molecule is NC(CC1CCCOC1)c1nc2ccccc2s1. The molecule has 4 heteroatoms. The molecule has 1 saturated heterocycles. The van der Waals surface area contributed by atoms with Crippen LogP contribution in [0.4, 0.5) is 0 Å². The van der Waals surface area contributed by atoms with E-state index in [1.165, 1.54) is 11.1 Å². The minimum atomic E-state index is 0.0501. The Morgan fingerprint density at radius 1 is 1.44 bits per heavy atom. The molecule has 0 amide bonds. The standard InChI is InChI=1S/C14H18N2OS/c15-11(8-10-4-3-7-17-9-10)14-16-12-5-1-2-6-13(12)18-14/h1-2,5-6,10-11H,3-4,7-9,15H2. The molecule has 1 fully saturated rings. The minimum absolute atomic E-state index is 0.0501. The molecule has 18 heavy (non-hydrogen) atoms. The van der Waals surface area contributed by atoms with Gasteiger partial charge in [0, 0.05) is 13.2 Å². The van der Waals surface area contributed by atoms with Gasteiger partial charge in [0.05, 0.1) is 16.3 Å². The molecule has 2 aromatic rings. The number of fused-ring (bicyclic) bond motifs is 1. The van der Waals surface area contributed by atoms with Crippen LogP contribution in [-0.2, 0) is 4.74 Å². The first kappa shape index (κ1) is 12.1. The van der Waals surface area contributed by atoms with Gasteiger partial charge in [0.2, 0.25) is 0 Å². The highest BCUT2D eigenvalue weighted by molar-refractivity contribution is 7.18. The highest BCUT2D eigenvalue weighted by Gasteiger charge is 2.20. The Kier molecular flexibility index (Phi) is 3.59.